The summed E-state index contributed by atoms with van der Waals surface area (Å²) in [5.74, 6) is -0.205. The molecule has 2 aromatic rings. The van der Waals surface area contributed by atoms with Gasteiger partial charge in [-0.05, 0) is 18.2 Å². The van der Waals surface area contributed by atoms with Crippen molar-refractivity contribution in [3.63, 3.8) is 0 Å². The van der Waals surface area contributed by atoms with Crippen LogP contribution in [-0.4, -0.2) is 30.2 Å². The van der Waals surface area contributed by atoms with Gasteiger partial charge in [0.25, 0.3) is 5.91 Å². The molecule has 2 rings (SSSR count). The molecule has 0 radical (unpaired) electrons. The molecule has 0 fully saturated rings. The molecule has 7 heteroatoms. The summed E-state index contributed by atoms with van der Waals surface area (Å²) in [4.78, 5) is 14.0. The van der Waals surface area contributed by atoms with E-state index in [1.165, 1.54) is 11.3 Å². The van der Waals surface area contributed by atoms with E-state index in [4.69, 9.17) is 5.73 Å². The SMILES string of the molecule is CN(C)c1cccc(C(=O)Nc2nnc(CN)s2)c1. The third-order valence-electron chi connectivity index (χ3n) is 2.49. The van der Waals surface area contributed by atoms with E-state index in [2.05, 4.69) is 15.5 Å². The van der Waals surface area contributed by atoms with E-state index in [0.29, 0.717) is 22.2 Å². The number of hydrogen-bond donors (Lipinski definition) is 2. The lowest BCUT2D eigenvalue weighted by molar-refractivity contribution is 0.102. The van der Waals surface area contributed by atoms with Crippen molar-refractivity contribution < 1.29 is 4.79 Å². The summed E-state index contributed by atoms with van der Waals surface area (Å²) >= 11 is 1.28. The average Bonchev–Trinajstić information content (AvgIpc) is 2.86. The largest absolute Gasteiger partial charge is 0.378 e. The van der Waals surface area contributed by atoms with Gasteiger partial charge in [0.2, 0.25) is 5.13 Å². The fraction of sp³-hybridized carbons (Fsp3) is 0.250. The third-order valence-corrected chi connectivity index (χ3v) is 3.35. The second kappa shape index (κ2) is 5.77. The first-order valence-corrected chi connectivity index (χ1v) is 6.53. The van der Waals surface area contributed by atoms with Crippen LogP contribution in [0.4, 0.5) is 10.8 Å². The van der Waals surface area contributed by atoms with Crippen molar-refractivity contribution >= 4 is 28.1 Å². The van der Waals surface area contributed by atoms with Crippen LogP contribution in [0.15, 0.2) is 24.3 Å². The van der Waals surface area contributed by atoms with Crippen LogP contribution in [-0.2, 0) is 6.54 Å². The highest BCUT2D eigenvalue weighted by Crippen LogP contribution is 2.17. The maximum absolute atomic E-state index is 12.1. The van der Waals surface area contributed by atoms with E-state index in [1.807, 2.05) is 37.2 Å². The van der Waals surface area contributed by atoms with Gasteiger partial charge in [0.15, 0.2) is 0 Å². The summed E-state index contributed by atoms with van der Waals surface area (Å²) in [5.41, 5.74) is 6.99. The molecule has 0 bridgehead atoms. The molecule has 1 aromatic carbocycles. The predicted molar refractivity (Wildman–Crippen MR) is 76.5 cm³/mol. The maximum atomic E-state index is 12.1. The van der Waals surface area contributed by atoms with Gasteiger partial charge in [-0.15, -0.1) is 10.2 Å². The number of nitrogens with zero attached hydrogens (tertiary/aromatic N) is 3. The lowest BCUT2D eigenvalue weighted by atomic mass is 10.2. The topological polar surface area (TPSA) is 84.1 Å². The molecule has 0 unspecified atom stereocenters. The zero-order valence-corrected chi connectivity index (χ0v) is 11.6. The molecule has 0 saturated carbocycles. The lowest BCUT2D eigenvalue weighted by Gasteiger charge is -2.13. The van der Waals surface area contributed by atoms with Gasteiger partial charge in [0.05, 0.1) is 0 Å². The minimum Gasteiger partial charge on any atom is -0.378 e. The molecule has 1 heterocycles. The van der Waals surface area contributed by atoms with Crippen molar-refractivity contribution in [3.05, 3.63) is 34.8 Å². The first-order chi connectivity index (χ1) is 9.10. The zero-order chi connectivity index (χ0) is 13.8. The fourth-order valence-corrected chi connectivity index (χ4v) is 2.09. The van der Waals surface area contributed by atoms with Gasteiger partial charge in [-0.1, -0.05) is 17.4 Å². The lowest BCUT2D eigenvalue weighted by Crippen LogP contribution is -2.14. The summed E-state index contributed by atoms with van der Waals surface area (Å²) in [5, 5.41) is 11.6. The van der Waals surface area contributed by atoms with E-state index >= 15 is 0 Å². The van der Waals surface area contributed by atoms with Gasteiger partial charge >= 0.3 is 0 Å². The molecular weight excluding hydrogens is 262 g/mol. The Balaban J connectivity index is 2.13. The van der Waals surface area contributed by atoms with Crippen LogP contribution in [0.1, 0.15) is 15.4 Å². The maximum Gasteiger partial charge on any atom is 0.257 e. The van der Waals surface area contributed by atoms with E-state index in [1.54, 1.807) is 6.07 Å². The number of rotatable bonds is 4. The third kappa shape index (κ3) is 3.27. The van der Waals surface area contributed by atoms with E-state index in [-0.39, 0.29) is 5.91 Å². The number of amides is 1. The van der Waals surface area contributed by atoms with Gasteiger partial charge in [0, 0.05) is 31.9 Å². The van der Waals surface area contributed by atoms with Crippen LogP contribution in [0.5, 0.6) is 0 Å². The molecule has 1 amide bonds. The van der Waals surface area contributed by atoms with Crippen molar-refractivity contribution in [2.75, 3.05) is 24.3 Å². The summed E-state index contributed by atoms with van der Waals surface area (Å²) in [7, 11) is 3.85. The number of benzene rings is 1. The number of nitrogens with one attached hydrogen (secondary N) is 1. The van der Waals surface area contributed by atoms with Crippen molar-refractivity contribution in [2.45, 2.75) is 6.54 Å². The summed E-state index contributed by atoms with van der Waals surface area (Å²) in [6.07, 6.45) is 0. The molecule has 0 aliphatic carbocycles. The number of carbonyl (C=O) groups is 1. The standard InChI is InChI=1S/C12H15N5OS/c1-17(2)9-5-3-4-8(6-9)11(18)14-12-16-15-10(7-13)19-12/h3-6H,7,13H2,1-2H3,(H,14,16,18). The molecule has 6 nitrogen and oxygen atoms in total. The second-order valence-corrected chi connectivity index (χ2v) is 5.17. The van der Waals surface area contributed by atoms with Gasteiger partial charge < -0.3 is 10.6 Å². The Morgan fingerprint density at radius 1 is 1.42 bits per heavy atom. The first-order valence-electron chi connectivity index (χ1n) is 5.71. The van der Waals surface area contributed by atoms with Gasteiger partial charge in [-0.2, -0.15) is 0 Å². The van der Waals surface area contributed by atoms with Crippen molar-refractivity contribution in [2.24, 2.45) is 5.73 Å². The Labute approximate surface area is 115 Å². The van der Waals surface area contributed by atoms with Crippen LogP contribution in [0.25, 0.3) is 0 Å². The Hall–Kier alpha value is -1.99. The van der Waals surface area contributed by atoms with E-state index < -0.39 is 0 Å². The number of aromatic nitrogens is 2. The zero-order valence-electron chi connectivity index (χ0n) is 10.8. The van der Waals surface area contributed by atoms with Crippen LogP contribution >= 0.6 is 11.3 Å². The number of nitrogens with two attached hydrogens (primary N) is 1. The van der Waals surface area contributed by atoms with Crippen molar-refractivity contribution in [1.82, 2.24) is 10.2 Å². The minimum atomic E-state index is -0.205. The Kier molecular flexibility index (Phi) is 4.08. The highest BCUT2D eigenvalue weighted by Gasteiger charge is 2.10. The number of carbonyl (C=O) groups excluding carboxylic acids is 1. The molecule has 0 spiro atoms. The van der Waals surface area contributed by atoms with Crippen LogP contribution in [0.2, 0.25) is 0 Å². The fourth-order valence-electron chi connectivity index (χ4n) is 1.48. The molecule has 0 aliphatic rings. The van der Waals surface area contributed by atoms with Crippen LogP contribution in [0, 0.1) is 0 Å². The Morgan fingerprint density at radius 3 is 2.84 bits per heavy atom. The molecule has 3 N–H and O–H groups in total. The number of hydrogen-bond acceptors (Lipinski definition) is 6. The number of anilines is 2. The van der Waals surface area contributed by atoms with Crippen molar-refractivity contribution in [3.8, 4) is 0 Å². The molecule has 0 aliphatic heterocycles. The molecule has 0 saturated heterocycles. The molecule has 100 valence electrons. The van der Waals surface area contributed by atoms with E-state index in [9.17, 15) is 4.79 Å². The quantitative estimate of drug-likeness (QED) is 0.880. The first kappa shape index (κ1) is 13.4. The normalized spacial score (nSPS) is 10.3. The molecular formula is C12H15N5OS. The van der Waals surface area contributed by atoms with Gasteiger partial charge in [0.1, 0.15) is 5.01 Å². The molecule has 1 aromatic heterocycles. The van der Waals surface area contributed by atoms with Crippen LogP contribution < -0.4 is 16.0 Å². The summed E-state index contributed by atoms with van der Waals surface area (Å²) < 4.78 is 0. The molecule has 0 atom stereocenters. The van der Waals surface area contributed by atoms with Crippen molar-refractivity contribution in [1.29, 1.82) is 0 Å². The highest BCUT2D eigenvalue weighted by molar-refractivity contribution is 7.15. The Morgan fingerprint density at radius 2 is 2.21 bits per heavy atom. The van der Waals surface area contributed by atoms with Crippen LogP contribution in [0.3, 0.4) is 0 Å². The molecule has 19 heavy (non-hydrogen) atoms. The monoisotopic (exact) mass is 277 g/mol. The Bertz CT molecular complexity index is 581. The summed E-state index contributed by atoms with van der Waals surface area (Å²) in [6, 6.07) is 7.36. The van der Waals surface area contributed by atoms with Gasteiger partial charge in [-0.3, -0.25) is 10.1 Å². The predicted octanol–water partition coefficient (Wildman–Crippen LogP) is 1.32. The smallest absolute Gasteiger partial charge is 0.257 e. The highest BCUT2D eigenvalue weighted by atomic mass is 32.1. The van der Waals surface area contributed by atoms with Gasteiger partial charge in [-0.25, -0.2) is 0 Å². The summed E-state index contributed by atoms with van der Waals surface area (Å²) in [6.45, 7) is 0.323. The minimum absolute atomic E-state index is 0.205. The average molecular weight is 277 g/mol. The second-order valence-electron chi connectivity index (χ2n) is 4.10. The van der Waals surface area contributed by atoms with E-state index in [0.717, 1.165) is 5.69 Å².